The molecule has 0 atom stereocenters. The van der Waals surface area contributed by atoms with E-state index in [1.807, 2.05) is 6.07 Å². The number of sulfonamides is 1. The fourth-order valence-electron chi connectivity index (χ4n) is 3.97. The highest BCUT2D eigenvalue weighted by atomic mass is 35.5. The van der Waals surface area contributed by atoms with Crippen molar-refractivity contribution < 1.29 is 22.3 Å². The third-order valence-electron chi connectivity index (χ3n) is 5.97. The van der Waals surface area contributed by atoms with E-state index in [0.717, 1.165) is 18.2 Å². The molecule has 2 aromatic carbocycles. The molecule has 3 aromatic rings. The standard InChI is InChI=1S/C23H26ClFN4O4S/c1-29(34(2,30)31)17-4-6-18(7-5-17)33-23-9-15-12-26-13-27-21(15)11-22(23)32-14-28-16-3-8-20(25)19(24)10-16/h3,8-13,17-18,28H,4-7,14H2,1-2H3. The lowest BCUT2D eigenvalue weighted by Crippen LogP contribution is -2.40. The van der Waals surface area contributed by atoms with Gasteiger partial charge in [-0.3, -0.25) is 0 Å². The molecule has 0 spiro atoms. The van der Waals surface area contributed by atoms with E-state index in [1.165, 1.54) is 29.0 Å². The highest BCUT2D eigenvalue weighted by Gasteiger charge is 2.29. The predicted octanol–water partition coefficient (Wildman–Crippen LogP) is 4.45. The molecule has 0 bridgehead atoms. The van der Waals surface area contributed by atoms with Crippen LogP contribution in [-0.4, -0.2) is 54.9 Å². The Morgan fingerprint density at radius 1 is 1.18 bits per heavy atom. The lowest BCUT2D eigenvalue weighted by Gasteiger charge is -2.33. The van der Waals surface area contributed by atoms with Crippen molar-refractivity contribution in [3.05, 3.63) is 53.7 Å². The SMILES string of the molecule is CN(C1CCC(Oc2cc3cncnc3cc2OCNc2ccc(F)c(Cl)c2)CC1)S(C)(=O)=O. The third-order valence-corrected chi connectivity index (χ3v) is 7.60. The fourth-order valence-corrected chi connectivity index (χ4v) is 4.91. The number of ether oxygens (including phenoxy) is 2. The van der Waals surface area contributed by atoms with Crippen LogP contribution in [0.2, 0.25) is 5.02 Å². The van der Waals surface area contributed by atoms with E-state index < -0.39 is 15.8 Å². The van der Waals surface area contributed by atoms with Gasteiger partial charge < -0.3 is 14.8 Å². The Hall–Kier alpha value is -2.69. The topological polar surface area (TPSA) is 93.7 Å². The normalized spacial score (nSPS) is 18.7. The molecule has 0 unspecified atom stereocenters. The van der Waals surface area contributed by atoms with Crippen LogP contribution in [0.15, 0.2) is 42.9 Å². The van der Waals surface area contributed by atoms with Crippen LogP contribution in [-0.2, 0) is 10.0 Å². The van der Waals surface area contributed by atoms with Crippen molar-refractivity contribution in [2.75, 3.05) is 25.4 Å². The number of rotatable bonds is 8. The number of nitrogens with zero attached hydrogens (tertiary/aromatic N) is 3. The zero-order valence-electron chi connectivity index (χ0n) is 18.9. The Labute approximate surface area is 203 Å². The summed E-state index contributed by atoms with van der Waals surface area (Å²) in [7, 11) is -1.60. The van der Waals surface area contributed by atoms with Gasteiger partial charge in [0.15, 0.2) is 18.2 Å². The summed E-state index contributed by atoms with van der Waals surface area (Å²) in [6.45, 7) is 0.0980. The Bertz CT molecular complexity index is 1270. The molecular weight excluding hydrogens is 483 g/mol. The van der Waals surface area contributed by atoms with Gasteiger partial charge in [-0.15, -0.1) is 0 Å². The van der Waals surface area contributed by atoms with Crippen molar-refractivity contribution in [2.45, 2.75) is 37.8 Å². The Morgan fingerprint density at radius 2 is 1.94 bits per heavy atom. The van der Waals surface area contributed by atoms with Gasteiger partial charge in [0.05, 0.1) is 22.9 Å². The van der Waals surface area contributed by atoms with Crippen molar-refractivity contribution in [2.24, 2.45) is 0 Å². The van der Waals surface area contributed by atoms with Gasteiger partial charge in [0.1, 0.15) is 12.1 Å². The van der Waals surface area contributed by atoms with Crippen LogP contribution in [0.5, 0.6) is 11.5 Å². The minimum Gasteiger partial charge on any atom is -0.487 e. The average molecular weight is 509 g/mol. The van der Waals surface area contributed by atoms with E-state index in [0.29, 0.717) is 35.5 Å². The van der Waals surface area contributed by atoms with Gasteiger partial charge in [0, 0.05) is 36.4 Å². The molecular formula is C23H26ClFN4O4S. The number of nitrogens with one attached hydrogen (secondary N) is 1. The van der Waals surface area contributed by atoms with E-state index in [2.05, 4.69) is 15.3 Å². The molecule has 0 amide bonds. The number of halogens is 2. The first-order valence-corrected chi connectivity index (χ1v) is 13.1. The van der Waals surface area contributed by atoms with Crippen LogP contribution in [0.4, 0.5) is 10.1 Å². The van der Waals surface area contributed by atoms with Gasteiger partial charge in [0.25, 0.3) is 0 Å². The molecule has 1 saturated carbocycles. The van der Waals surface area contributed by atoms with E-state index in [-0.39, 0.29) is 23.9 Å². The molecule has 1 fully saturated rings. The first-order valence-electron chi connectivity index (χ1n) is 10.9. The number of aromatic nitrogens is 2. The van der Waals surface area contributed by atoms with Gasteiger partial charge in [-0.2, -0.15) is 0 Å². The molecule has 1 aliphatic rings. The van der Waals surface area contributed by atoms with E-state index in [1.54, 1.807) is 25.4 Å². The zero-order chi connectivity index (χ0) is 24.3. The van der Waals surface area contributed by atoms with E-state index in [9.17, 15) is 12.8 Å². The minimum atomic E-state index is -3.23. The van der Waals surface area contributed by atoms with Crippen LogP contribution in [0.1, 0.15) is 25.7 Å². The second kappa shape index (κ2) is 10.3. The molecule has 1 heterocycles. The first-order chi connectivity index (χ1) is 16.2. The molecule has 0 radical (unpaired) electrons. The van der Waals surface area contributed by atoms with Crippen LogP contribution in [0.25, 0.3) is 10.9 Å². The highest BCUT2D eigenvalue weighted by Crippen LogP contribution is 2.35. The largest absolute Gasteiger partial charge is 0.487 e. The molecule has 1 aliphatic carbocycles. The second-order valence-electron chi connectivity index (χ2n) is 8.30. The maximum atomic E-state index is 13.4. The summed E-state index contributed by atoms with van der Waals surface area (Å²) in [6, 6.07) is 7.94. The zero-order valence-corrected chi connectivity index (χ0v) is 20.4. The van der Waals surface area contributed by atoms with E-state index >= 15 is 0 Å². The molecule has 0 saturated heterocycles. The third kappa shape index (κ3) is 5.86. The summed E-state index contributed by atoms with van der Waals surface area (Å²) >= 11 is 5.84. The van der Waals surface area contributed by atoms with Crippen molar-refractivity contribution >= 4 is 38.2 Å². The van der Waals surface area contributed by atoms with Gasteiger partial charge in [-0.1, -0.05) is 11.6 Å². The summed E-state index contributed by atoms with van der Waals surface area (Å²) in [5.74, 6) is 0.568. The molecule has 4 rings (SSSR count). The van der Waals surface area contributed by atoms with Crippen LogP contribution >= 0.6 is 11.6 Å². The molecule has 1 aromatic heterocycles. The van der Waals surface area contributed by atoms with Crippen LogP contribution < -0.4 is 14.8 Å². The monoisotopic (exact) mass is 508 g/mol. The predicted molar refractivity (Wildman–Crippen MR) is 129 cm³/mol. The summed E-state index contributed by atoms with van der Waals surface area (Å²) < 4.78 is 50.8. The number of hydrogen-bond acceptors (Lipinski definition) is 7. The lowest BCUT2D eigenvalue weighted by atomic mass is 9.93. The van der Waals surface area contributed by atoms with Crippen LogP contribution in [0.3, 0.4) is 0 Å². The van der Waals surface area contributed by atoms with Gasteiger partial charge in [0.2, 0.25) is 10.0 Å². The van der Waals surface area contributed by atoms with Crippen molar-refractivity contribution in [3.8, 4) is 11.5 Å². The smallest absolute Gasteiger partial charge is 0.211 e. The molecule has 0 aliphatic heterocycles. The number of benzene rings is 2. The Balaban J connectivity index is 1.46. The van der Waals surface area contributed by atoms with Crippen molar-refractivity contribution in [3.63, 3.8) is 0 Å². The molecule has 11 heteroatoms. The van der Waals surface area contributed by atoms with Crippen molar-refractivity contribution in [1.82, 2.24) is 14.3 Å². The Morgan fingerprint density at radius 3 is 2.65 bits per heavy atom. The maximum absolute atomic E-state index is 13.4. The number of anilines is 1. The first kappa shape index (κ1) is 24.4. The molecule has 8 nitrogen and oxygen atoms in total. The summed E-state index contributed by atoms with van der Waals surface area (Å²) in [4.78, 5) is 8.36. The van der Waals surface area contributed by atoms with Crippen molar-refractivity contribution in [1.29, 1.82) is 0 Å². The lowest BCUT2D eigenvalue weighted by molar-refractivity contribution is 0.121. The molecule has 34 heavy (non-hydrogen) atoms. The summed E-state index contributed by atoms with van der Waals surface area (Å²) in [5.41, 5.74) is 1.32. The highest BCUT2D eigenvalue weighted by molar-refractivity contribution is 7.88. The van der Waals surface area contributed by atoms with Crippen LogP contribution in [0, 0.1) is 5.82 Å². The summed E-state index contributed by atoms with van der Waals surface area (Å²) in [5, 5.41) is 3.88. The second-order valence-corrected chi connectivity index (χ2v) is 10.8. The molecule has 1 N–H and O–H groups in total. The average Bonchev–Trinajstić information content (AvgIpc) is 2.81. The minimum absolute atomic E-state index is 0.0218. The quantitative estimate of drug-likeness (QED) is 0.449. The fraction of sp³-hybridized carbons (Fsp3) is 0.391. The van der Waals surface area contributed by atoms with Gasteiger partial charge in [-0.25, -0.2) is 27.1 Å². The van der Waals surface area contributed by atoms with E-state index in [4.69, 9.17) is 21.1 Å². The number of hydrogen-bond donors (Lipinski definition) is 1. The Kier molecular flexibility index (Phi) is 7.39. The summed E-state index contributed by atoms with van der Waals surface area (Å²) in [6.07, 6.45) is 7.20. The van der Waals surface area contributed by atoms with Gasteiger partial charge in [-0.05, 0) is 49.9 Å². The van der Waals surface area contributed by atoms with Gasteiger partial charge >= 0.3 is 0 Å². The number of fused-ring (bicyclic) bond motifs is 1. The molecule has 182 valence electrons. The maximum Gasteiger partial charge on any atom is 0.211 e.